The van der Waals surface area contributed by atoms with Crippen LogP contribution in [-0.2, 0) is 16.1 Å². The molecule has 4 rings (SSSR count). The summed E-state index contributed by atoms with van der Waals surface area (Å²) in [5.74, 6) is -1.48. The molecule has 0 spiro atoms. The van der Waals surface area contributed by atoms with E-state index in [4.69, 9.17) is 9.47 Å². The van der Waals surface area contributed by atoms with E-state index < -0.39 is 11.6 Å². The molecule has 2 aromatic rings. The summed E-state index contributed by atoms with van der Waals surface area (Å²) in [6.45, 7) is 0.248. The van der Waals surface area contributed by atoms with Crippen LogP contribution in [-0.4, -0.2) is 32.3 Å². The Labute approximate surface area is 174 Å². The summed E-state index contributed by atoms with van der Waals surface area (Å²) >= 11 is 0. The molecule has 1 aliphatic heterocycles. The fourth-order valence-electron chi connectivity index (χ4n) is 5.02. The molecule has 1 heterocycles. The average molecular weight is 416 g/mol. The molecule has 0 radical (unpaired) electrons. The minimum Gasteiger partial charge on any atom is -0.493 e. The average Bonchev–Trinajstić information content (AvgIpc) is 3.10. The maximum atomic E-state index is 14.1. The normalized spacial score (nSPS) is 27.7. The Morgan fingerprint density at radius 1 is 1.17 bits per heavy atom. The van der Waals surface area contributed by atoms with E-state index in [1.807, 2.05) is 30.3 Å². The molecule has 2 aliphatic rings. The zero-order valence-electron chi connectivity index (χ0n) is 17.0. The zero-order chi connectivity index (χ0) is 21.3. The number of carbonyl (C=O) groups excluding carboxylic acids is 1. The Morgan fingerprint density at radius 2 is 1.93 bits per heavy atom. The minimum atomic E-state index is -0.720. The standard InChI is InChI=1S/C23H26F2N2O3/c1-29-22-15(8-16(24)11-18(22)25)12-26-20-14-9-17(23(28)30-2)19(10-14)27-21(20)13-6-4-3-5-7-13/h3-8,11,14,17,19-21,26-27H,9-10,12H2,1-2H3. The summed E-state index contributed by atoms with van der Waals surface area (Å²) in [5, 5.41) is 7.11. The molecule has 2 aromatic carbocycles. The van der Waals surface area contributed by atoms with Gasteiger partial charge in [-0.2, -0.15) is 0 Å². The van der Waals surface area contributed by atoms with Crippen molar-refractivity contribution >= 4 is 5.97 Å². The van der Waals surface area contributed by atoms with Gasteiger partial charge in [0.05, 0.1) is 20.1 Å². The van der Waals surface area contributed by atoms with Crippen LogP contribution in [0.25, 0.3) is 0 Å². The largest absolute Gasteiger partial charge is 0.493 e. The molecule has 5 nitrogen and oxygen atoms in total. The van der Waals surface area contributed by atoms with Gasteiger partial charge in [0.2, 0.25) is 0 Å². The molecule has 2 bridgehead atoms. The number of fused-ring (bicyclic) bond motifs is 2. The van der Waals surface area contributed by atoms with Crippen molar-refractivity contribution in [2.75, 3.05) is 14.2 Å². The second kappa shape index (κ2) is 8.70. The highest BCUT2D eigenvalue weighted by Gasteiger charge is 2.49. The molecular weight excluding hydrogens is 390 g/mol. The van der Waals surface area contributed by atoms with E-state index in [9.17, 15) is 13.6 Å². The monoisotopic (exact) mass is 416 g/mol. The smallest absolute Gasteiger partial charge is 0.310 e. The van der Waals surface area contributed by atoms with Gasteiger partial charge in [-0.25, -0.2) is 8.78 Å². The van der Waals surface area contributed by atoms with Crippen LogP contribution >= 0.6 is 0 Å². The Kier molecular flexibility index (Phi) is 6.01. The maximum Gasteiger partial charge on any atom is 0.310 e. The van der Waals surface area contributed by atoms with Gasteiger partial charge in [0.1, 0.15) is 5.82 Å². The number of piperidine rings is 1. The highest BCUT2D eigenvalue weighted by atomic mass is 19.1. The van der Waals surface area contributed by atoms with Crippen molar-refractivity contribution in [3.63, 3.8) is 0 Å². The number of esters is 1. The van der Waals surface area contributed by atoms with Crippen LogP contribution < -0.4 is 15.4 Å². The number of hydrogen-bond acceptors (Lipinski definition) is 5. The van der Waals surface area contributed by atoms with Crippen LogP contribution in [0, 0.1) is 23.5 Å². The van der Waals surface area contributed by atoms with Crippen molar-refractivity contribution in [2.45, 2.75) is 37.5 Å². The lowest BCUT2D eigenvalue weighted by molar-refractivity contribution is -0.145. The number of rotatable bonds is 6. The first-order valence-corrected chi connectivity index (χ1v) is 10.2. The highest BCUT2D eigenvalue weighted by molar-refractivity contribution is 5.73. The molecule has 30 heavy (non-hydrogen) atoms. The van der Waals surface area contributed by atoms with Gasteiger partial charge in [0.15, 0.2) is 11.6 Å². The maximum absolute atomic E-state index is 14.1. The van der Waals surface area contributed by atoms with E-state index in [0.29, 0.717) is 12.0 Å². The van der Waals surface area contributed by atoms with Crippen molar-refractivity contribution in [3.8, 4) is 5.75 Å². The molecular formula is C23H26F2N2O3. The number of hydrogen-bond donors (Lipinski definition) is 2. The minimum absolute atomic E-state index is 0.0191. The highest BCUT2D eigenvalue weighted by Crippen LogP contribution is 2.43. The predicted molar refractivity (Wildman–Crippen MR) is 108 cm³/mol. The van der Waals surface area contributed by atoms with Crippen LogP contribution in [0.4, 0.5) is 8.78 Å². The fraction of sp³-hybridized carbons (Fsp3) is 0.435. The van der Waals surface area contributed by atoms with E-state index in [1.165, 1.54) is 20.3 Å². The third kappa shape index (κ3) is 3.91. The third-order valence-corrected chi connectivity index (χ3v) is 6.34. The van der Waals surface area contributed by atoms with E-state index in [-0.39, 0.29) is 48.2 Å². The van der Waals surface area contributed by atoms with Crippen molar-refractivity contribution in [2.24, 2.45) is 11.8 Å². The summed E-state index contributed by atoms with van der Waals surface area (Å²) in [4.78, 5) is 12.3. The molecule has 0 aromatic heterocycles. The molecule has 5 atom stereocenters. The van der Waals surface area contributed by atoms with Gasteiger partial charge in [0.25, 0.3) is 0 Å². The summed E-state index contributed by atoms with van der Waals surface area (Å²) < 4.78 is 38.0. The van der Waals surface area contributed by atoms with E-state index in [2.05, 4.69) is 10.6 Å². The van der Waals surface area contributed by atoms with Crippen LogP contribution in [0.2, 0.25) is 0 Å². The molecule has 1 aliphatic carbocycles. The van der Waals surface area contributed by atoms with Crippen molar-refractivity contribution in [3.05, 3.63) is 65.2 Å². The van der Waals surface area contributed by atoms with Gasteiger partial charge >= 0.3 is 5.97 Å². The second-order valence-corrected chi connectivity index (χ2v) is 8.01. The number of benzene rings is 2. The third-order valence-electron chi connectivity index (χ3n) is 6.34. The van der Waals surface area contributed by atoms with E-state index in [1.54, 1.807) is 0 Å². The van der Waals surface area contributed by atoms with Crippen LogP contribution in [0.3, 0.4) is 0 Å². The molecule has 2 N–H and O–H groups in total. The van der Waals surface area contributed by atoms with Crippen molar-refractivity contribution in [1.82, 2.24) is 10.6 Å². The van der Waals surface area contributed by atoms with Gasteiger partial charge in [-0.15, -0.1) is 0 Å². The Balaban J connectivity index is 1.60. The number of carbonyl (C=O) groups is 1. The lowest BCUT2D eigenvalue weighted by atomic mass is 9.84. The summed E-state index contributed by atoms with van der Waals surface area (Å²) in [7, 11) is 2.79. The van der Waals surface area contributed by atoms with Gasteiger partial charge in [-0.1, -0.05) is 30.3 Å². The molecule has 0 amide bonds. The predicted octanol–water partition coefficient (Wildman–Crippen LogP) is 3.34. The molecule has 5 unspecified atom stereocenters. The first kappa shape index (κ1) is 20.8. The van der Waals surface area contributed by atoms with Gasteiger partial charge < -0.3 is 20.1 Å². The number of ether oxygens (including phenoxy) is 2. The topological polar surface area (TPSA) is 59.6 Å². The molecule has 1 saturated heterocycles. The second-order valence-electron chi connectivity index (χ2n) is 8.01. The van der Waals surface area contributed by atoms with Crippen molar-refractivity contribution in [1.29, 1.82) is 0 Å². The molecule has 160 valence electrons. The quantitative estimate of drug-likeness (QED) is 0.708. The summed E-state index contributed by atoms with van der Waals surface area (Å²) in [5.41, 5.74) is 1.53. The first-order chi connectivity index (χ1) is 14.5. The fourth-order valence-corrected chi connectivity index (χ4v) is 5.02. The zero-order valence-corrected chi connectivity index (χ0v) is 17.0. The Bertz CT molecular complexity index is 909. The lowest BCUT2D eigenvalue weighted by Crippen LogP contribution is -2.52. The van der Waals surface area contributed by atoms with Crippen molar-refractivity contribution < 1.29 is 23.0 Å². The lowest BCUT2D eigenvalue weighted by Gasteiger charge is -2.39. The molecule has 2 fully saturated rings. The van der Waals surface area contributed by atoms with Gasteiger partial charge in [-0.05, 0) is 30.4 Å². The van der Waals surface area contributed by atoms with Crippen LogP contribution in [0.5, 0.6) is 5.75 Å². The molecule has 7 heteroatoms. The van der Waals surface area contributed by atoms with Crippen LogP contribution in [0.15, 0.2) is 42.5 Å². The number of nitrogens with one attached hydrogen (secondary N) is 2. The van der Waals surface area contributed by atoms with Gasteiger partial charge in [0, 0.05) is 36.3 Å². The SMILES string of the molecule is COC(=O)C1CC2CC1NC(c1ccccc1)C2NCc1cc(F)cc(F)c1OC. The molecule has 1 saturated carbocycles. The van der Waals surface area contributed by atoms with E-state index in [0.717, 1.165) is 18.1 Å². The summed E-state index contributed by atoms with van der Waals surface area (Å²) in [6, 6.07) is 12.1. The van der Waals surface area contributed by atoms with Crippen LogP contribution in [0.1, 0.15) is 30.0 Å². The van der Waals surface area contributed by atoms with Gasteiger partial charge in [-0.3, -0.25) is 4.79 Å². The Morgan fingerprint density at radius 3 is 2.63 bits per heavy atom. The number of methoxy groups -OCH3 is 2. The van der Waals surface area contributed by atoms with E-state index >= 15 is 0 Å². The number of halogens is 2. The first-order valence-electron chi connectivity index (χ1n) is 10.2. The summed E-state index contributed by atoms with van der Waals surface area (Å²) in [6.07, 6.45) is 1.55. The Hall–Kier alpha value is -2.51.